The molecule has 3 amide bonds. The Balaban J connectivity index is 2.27. The van der Waals surface area contributed by atoms with Crippen LogP contribution in [0.5, 0.6) is 0 Å². The van der Waals surface area contributed by atoms with E-state index in [0.717, 1.165) is 13.1 Å². The SMILES string of the molecule is CC(C)NC(=O)NC(=O)C[NH+]1CCCCCCC1. The fourth-order valence-electron chi connectivity index (χ4n) is 2.28. The Kier molecular flexibility index (Phi) is 6.72. The minimum absolute atomic E-state index is 0.0480. The Bertz CT molecular complexity index is 271. The van der Waals surface area contributed by atoms with E-state index >= 15 is 0 Å². The van der Waals surface area contributed by atoms with Crippen molar-refractivity contribution in [2.45, 2.75) is 52.0 Å². The molecule has 0 radical (unpaired) electrons. The molecule has 1 heterocycles. The number of quaternary nitrogens is 1. The predicted octanol–water partition coefficient (Wildman–Crippen LogP) is 0.0696. The third-order valence-electron chi connectivity index (χ3n) is 3.14. The van der Waals surface area contributed by atoms with Crippen LogP contribution in [0.4, 0.5) is 4.79 Å². The molecule has 1 saturated heterocycles. The monoisotopic (exact) mass is 256 g/mol. The fraction of sp³-hybridized carbons (Fsp3) is 0.846. The van der Waals surface area contributed by atoms with E-state index in [1.807, 2.05) is 13.8 Å². The highest BCUT2D eigenvalue weighted by molar-refractivity contribution is 5.94. The molecule has 0 saturated carbocycles. The second-order valence-corrected chi connectivity index (χ2v) is 5.37. The maximum atomic E-state index is 11.7. The van der Waals surface area contributed by atoms with Crippen molar-refractivity contribution in [2.75, 3.05) is 19.6 Å². The normalized spacial score (nSPS) is 17.9. The molecule has 5 heteroatoms. The molecular formula is C13H26N3O2+. The molecule has 5 nitrogen and oxygen atoms in total. The highest BCUT2D eigenvalue weighted by atomic mass is 16.2. The Morgan fingerprint density at radius 2 is 1.61 bits per heavy atom. The number of urea groups is 1. The minimum Gasteiger partial charge on any atom is -0.336 e. The zero-order valence-electron chi connectivity index (χ0n) is 11.6. The quantitative estimate of drug-likeness (QED) is 0.669. The van der Waals surface area contributed by atoms with Crippen molar-refractivity contribution in [3.05, 3.63) is 0 Å². The molecule has 0 aromatic carbocycles. The number of hydrogen-bond acceptors (Lipinski definition) is 2. The van der Waals surface area contributed by atoms with Gasteiger partial charge in [-0.3, -0.25) is 10.1 Å². The molecule has 1 aliphatic heterocycles. The van der Waals surface area contributed by atoms with Gasteiger partial charge in [0.2, 0.25) is 0 Å². The van der Waals surface area contributed by atoms with E-state index in [1.54, 1.807) is 0 Å². The topological polar surface area (TPSA) is 62.6 Å². The van der Waals surface area contributed by atoms with Gasteiger partial charge < -0.3 is 10.2 Å². The average molecular weight is 256 g/mol. The highest BCUT2D eigenvalue weighted by Gasteiger charge is 2.17. The summed E-state index contributed by atoms with van der Waals surface area (Å²) in [6.07, 6.45) is 6.20. The molecule has 3 N–H and O–H groups in total. The van der Waals surface area contributed by atoms with Gasteiger partial charge in [0.05, 0.1) is 13.1 Å². The number of hydrogen-bond donors (Lipinski definition) is 3. The first-order chi connectivity index (χ1) is 8.58. The maximum absolute atomic E-state index is 11.7. The first kappa shape index (κ1) is 15.0. The van der Waals surface area contributed by atoms with Crippen molar-refractivity contribution in [2.24, 2.45) is 0 Å². The molecule has 0 aromatic heterocycles. The van der Waals surface area contributed by atoms with Gasteiger partial charge in [0.1, 0.15) is 0 Å². The summed E-state index contributed by atoms with van der Waals surface area (Å²) >= 11 is 0. The molecule has 0 atom stereocenters. The summed E-state index contributed by atoms with van der Waals surface area (Å²) in [5, 5.41) is 5.04. The smallest absolute Gasteiger partial charge is 0.321 e. The van der Waals surface area contributed by atoms with Crippen molar-refractivity contribution < 1.29 is 14.5 Å². The second-order valence-electron chi connectivity index (χ2n) is 5.37. The zero-order chi connectivity index (χ0) is 13.4. The largest absolute Gasteiger partial charge is 0.336 e. The number of amides is 3. The van der Waals surface area contributed by atoms with Crippen LogP contribution in [0.15, 0.2) is 0 Å². The van der Waals surface area contributed by atoms with Gasteiger partial charge in [0, 0.05) is 6.04 Å². The van der Waals surface area contributed by atoms with E-state index in [-0.39, 0.29) is 18.0 Å². The molecule has 0 bridgehead atoms. The summed E-state index contributed by atoms with van der Waals surface area (Å²) in [4.78, 5) is 24.4. The van der Waals surface area contributed by atoms with Crippen molar-refractivity contribution >= 4 is 11.9 Å². The summed E-state index contributed by atoms with van der Waals surface area (Å²) in [6, 6.07) is -0.340. The first-order valence-electron chi connectivity index (χ1n) is 7.02. The van der Waals surface area contributed by atoms with E-state index in [0.29, 0.717) is 6.54 Å². The van der Waals surface area contributed by atoms with E-state index in [4.69, 9.17) is 0 Å². The lowest BCUT2D eigenvalue weighted by Crippen LogP contribution is -3.13. The third-order valence-corrected chi connectivity index (χ3v) is 3.14. The lowest BCUT2D eigenvalue weighted by atomic mass is 10.1. The van der Waals surface area contributed by atoms with Crippen molar-refractivity contribution in [3.8, 4) is 0 Å². The number of likely N-dealkylation sites (tertiary alicyclic amines) is 1. The number of imide groups is 1. The average Bonchev–Trinajstić information content (AvgIpc) is 2.20. The number of carbonyl (C=O) groups excluding carboxylic acids is 2. The zero-order valence-corrected chi connectivity index (χ0v) is 11.6. The molecule has 0 aliphatic carbocycles. The van der Waals surface area contributed by atoms with E-state index in [1.165, 1.54) is 37.0 Å². The fourth-order valence-corrected chi connectivity index (χ4v) is 2.28. The lowest BCUT2D eigenvalue weighted by molar-refractivity contribution is -0.893. The lowest BCUT2D eigenvalue weighted by Gasteiger charge is -2.21. The highest BCUT2D eigenvalue weighted by Crippen LogP contribution is 2.02. The summed E-state index contributed by atoms with van der Waals surface area (Å²) < 4.78 is 0. The van der Waals surface area contributed by atoms with E-state index < -0.39 is 0 Å². The van der Waals surface area contributed by atoms with Crippen LogP contribution in [0.25, 0.3) is 0 Å². The summed E-state index contributed by atoms with van der Waals surface area (Å²) in [5.41, 5.74) is 0. The van der Waals surface area contributed by atoms with Crippen molar-refractivity contribution in [3.63, 3.8) is 0 Å². The summed E-state index contributed by atoms with van der Waals surface area (Å²) in [6.45, 7) is 6.23. The molecule has 18 heavy (non-hydrogen) atoms. The molecule has 1 rings (SSSR count). The Morgan fingerprint density at radius 1 is 1.06 bits per heavy atom. The number of nitrogens with one attached hydrogen (secondary N) is 3. The van der Waals surface area contributed by atoms with Gasteiger partial charge in [-0.2, -0.15) is 0 Å². The van der Waals surface area contributed by atoms with Crippen LogP contribution in [-0.4, -0.2) is 37.6 Å². The Morgan fingerprint density at radius 3 is 2.17 bits per heavy atom. The first-order valence-corrected chi connectivity index (χ1v) is 7.02. The van der Waals surface area contributed by atoms with Gasteiger partial charge in [-0.1, -0.05) is 6.42 Å². The Hall–Kier alpha value is -1.10. The van der Waals surface area contributed by atoms with E-state index in [9.17, 15) is 9.59 Å². The van der Waals surface area contributed by atoms with Crippen LogP contribution in [0, 0.1) is 0 Å². The van der Waals surface area contributed by atoms with Gasteiger partial charge in [-0.25, -0.2) is 4.79 Å². The summed E-state index contributed by atoms with van der Waals surface area (Å²) in [7, 11) is 0. The molecule has 0 aromatic rings. The van der Waals surface area contributed by atoms with Gasteiger partial charge in [-0.05, 0) is 39.5 Å². The van der Waals surface area contributed by atoms with Crippen LogP contribution >= 0.6 is 0 Å². The molecule has 104 valence electrons. The van der Waals surface area contributed by atoms with Crippen LogP contribution < -0.4 is 15.5 Å². The van der Waals surface area contributed by atoms with Crippen molar-refractivity contribution in [1.29, 1.82) is 0 Å². The van der Waals surface area contributed by atoms with Gasteiger partial charge >= 0.3 is 6.03 Å². The van der Waals surface area contributed by atoms with E-state index in [2.05, 4.69) is 10.6 Å². The second kappa shape index (κ2) is 8.08. The Labute approximate surface area is 109 Å². The molecule has 1 fully saturated rings. The van der Waals surface area contributed by atoms with Crippen LogP contribution in [-0.2, 0) is 4.79 Å². The van der Waals surface area contributed by atoms with Crippen molar-refractivity contribution in [1.82, 2.24) is 10.6 Å². The van der Waals surface area contributed by atoms with Gasteiger partial charge in [-0.15, -0.1) is 0 Å². The molecule has 1 aliphatic rings. The number of rotatable bonds is 3. The molecular weight excluding hydrogens is 230 g/mol. The predicted molar refractivity (Wildman–Crippen MR) is 70.5 cm³/mol. The minimum atomic E-state index is -0.388. The third kappa shape index (κ3) is 6.59. The maximum Gasteiger partial charge on any atom is 0.321 e. The summed E-state index contributed by atoms with van der Waals surface area (Å²) in [5.74, 6) is -0.177. The standard InChI is InChI=1S/C13H25N3O2/c1-11(2)14-13(18)15-12(17)10-16-8-6-4-3-5-7-9-16/h11H,3-10H2,1-2H3,(H2,14,15,17,18)/p+1. The van der Waals surface area contributed by atoms with Crippen LogP contribution in [0.3, 0.4) is 0 Å². The van der Waals surface area contributed by atoms with Gasteiger partial charge in [0.15, 0.2) is 6.54 Å². The number of carbonyl (C=O) groups is 2. The van der Waals surface area contributed by atoms with Crippen LogP contribution in [0.2, 0.25) is 0 Å². The van der Waals surface area contributed by atoms with Crippen LogP contribution in [0.1, 0.15) is 46.0 Å². The molecule has 0 unspecified atom stereocenters. The molecule has 0 spiro atoms. The van der Waals surface area contributed by atoms with Gasteiger partial charge in [0.25, 0.3) is 5.91 Å².